The molecule has 1 rings (SSSR count). The fourth-order valence-corrected chi connectivity index (χ4v) is 1.37. The molecule has 0 heterocycles. The zero-order chi connectivity index (χ0) is 12.3. The van der Waals surface area contributed by atoms with Crippen LogP contribution < -0.4 is 113 Å². The molecule has 0 unspecified atom stereocenters. The molecular weight excluding hydrogens is 294 g/mol. The summed E-state index contributed by atoms with van der Waals surface area (Å²) in [6.45, 7) is 3.07. The average molecular weight is 304 g/mol. The van der Waals surface area contributed by atoms with Gasteiger partial charge < -0.3 is 29.6 Å². The van der Waals surface area contributed by atoms with Crippen LogP contribution in [0.4, 0.5) is 0 Å². The molecule has 0 aromatic rings. The second-order valence-corrected chi connectivity index (χ2v) is 3.39. The van der Waals surface area contributed by atoms with Crippen molar-refractivity contribution in [3.63, 3.8) is 0 Å². The van der Waals surface area contributed by atoms with Crippen molar-refractivity contribution in [2.75, 3.05) is 0 Å². The Morgan fingerprint density at radius 3 is 2.39 bits per heavy atom. The van der Waals surface area contributed by atoms with Gasteiger partial charge in [-0.2, -0.15) is 0 Å². The van der Waals surface area contributed by atoms with Gasteiger partial charge in [0.05, 0.1) is 12.1 Å². The van der Waals surface area contributed by atoms with Crippen LogP contribution in [-0.4, -0.2) is 29.3 Å². The first-order valence-corrected chi connectivity index (χ1v) is 4.57. The van der Waals surface area contributed by atoms with Gasteiger partial charge in [-0.3, -0.25) is 0 Å². The smallest absolute Gasteiger partial charge is 0.545 e. The third-order valence-corrected chi connectivity index (χ3v) is 2.24. The van der Waals surface area contributed by atoms with Crippen LogP contribution in [0.5, 0.6) is 0 Å². The van der Waals surface area contributed by atoms with Crippen LogP contribution in [0.25, 0.3) is 0 Å². The number of ether oxygens (including phenoxy) is 1. The summed E-state index contributed by atoms with van der Waals surface area (Å²) in [7, 11) is 0. The van der Waals surface area contributed by atoms with Gasteiger partial charge in [-0.25, -0.2) is 0 Å². The molecule has 0 radical (unpaired) electrons. The van der Waals surface area contributed by atoms with Gasteiger partial charge in [0, 0.05) is 6.42 Å². The van der Waals surface area contributed by atoms with Crippen LogP contribution in [0.2, 0.25) is 0 Å². The number of rotatable bonds is 4. The van der Waals surface area contributed by atoms with E-state index in [0.29, 0.717) is 0 Å². The minimum absolute atomic E-state index is 0. The van der Waals surface area contributed by atoms with Gasteiger partial charge in [0.2, 0.25) is 0 Å². The normalized spacial score (nSPS) is 21.7. The van der Waals surface area contributed by atoms with Gasteiger partial charge in [0.15, 0.2) is 0 Å². The minimum Gasteiger partial charge on any atom is -0.545 e. The largest absolute Gasteiger partial charge is 1.00 e. The molecule has 88 valence electrons. The number of carbonyl (C=O) groups excluding carboxylic acids is 2. The number of carboxylic acids is 2. The monoisotopic (exact) mass is 304 g/mol. The van der Waals surface area contributed by atoms with Crippen molar-refractivity contribution < 1.29 is 132 Å². The Labute approximate surface area is 189 Å². The van der Waals surface area contributed by atoms with E-state index in [1.54, 1.807) is 0 Å². The van der Waals surface area contributed by atoms with Gasteiger partial charge in [0.25, 0.3) is 0 Å². The Balaban J connectivity index is 0. The first-order chi connectivity index (χ1) is 7.41. The predicted octanol–water partition coefficient (Wildman–Crippen LogP) is -8.53. The number of aliphatic carboxylic acids is 2. The van der Waals surface area contributed by atoms with E-state index in [9.17, 15) is 24.9 Å². The summed E-state index contributed by atoms with van der Waals surface area (Å²) >= 11 is 0. The summed E-state index contributed by atoms with van der Waals surface area (Å²) in [5.41, 5.74) is -0.0264. The summed E-state index contributed by atoms with van der Waals surface area (Å²) in [6.07, 6.45) is -0.673. The molecular formula is C10H10K2O6. The van der Waals surface area contributed by atoms with Crippen LogP contribution in [0.15, 0.2) is 24.0 Å². The summed E-state index contributed by atoms with van der Waals surface area (Å²) in [4.78, 5) is 20.9. The molecule has 8 heteroatoms. The fourth-order valence-electron chi connectivity index (χ4n) is 1.37. The quantitative estimate of drug-likeness (QED) is 0.314. The SMILES string of the molecule is C=C(O[C@@H]1CC(C(=O)[O-])=CC[C@H]1O)C(=O)[O-].[K+].[K+]. The first kappa shape index (κ1) is 21.7. The van der Waals surface area contributed by atoms with E-state index in [2.05, 4.69) is 6.58 Å². The number of aliphatic hydroxyl groups excluding tert-OH is 1. The summed E-state index contributed by atoms with van der Waals surface area (Å²) < 4.78 is 4.81. The number of hydrogen-bond donors (Lipinski definition) is 1. The van der Waals surface area contributed by atoms with Gasteiger partial charge >= 0.3 is 103 Å². The maximum atomic E-state index is 10.6. The second kappa shape index (κ2) is 10.2. The zero-order valence-corrected chi connectivity index (χ0v) is 16.6. The molecule has 0 amide bonds. The van der Waals surface area contributed by atoms with E-state index >= 15 is 0 Å². The molecule has 0 spiro atoms. The molecule has 1 N–H and O–H groups in total. The van der Waals surface area contributed by atoms with E-state index in [1.807, 2.05) is 0 Å². The Morgan fingerprint density at radius 1 is 1.39 bits per heavy atom. The van der Waals surface area contributed by atoms with E-state index < -0.39 is 29.9 Å². The summed E-state index contributed by atoms with van der Waals surface area (Å²) in [6, 6.07) is 0. The molecule has 0 aromatic carbocycles. The van der Waals surface area contributed by atoms with Crippen LogP contribution in [0.3, 0.4) is 0 Å². The fraction of sp³-hybridized carbons (Fsp3) is 0.400. The molecule has 0 aliphatic heterocycles. The van der Waals surface area contributed by atoms with Crippen molar-refractivity contribution in [1.29, 1.82) is 0 Å². The number of aliphatic hydroxyl groups is 1. The predicted molar refractivity (Wildman–Crippen MR) is 47.4 cm³/mol. The number of carbonyl (C=O) groups is 2. The molecule has 18 heavy (non-hydrogen) atoms. The van der Waals surface area contributed by atoms with Crippen molar-refractivity contribution in [2.45, 2.75) is 25.0 Å². The third-order valence-electron chi connectivity index (χ3n) is 2.24. The van der Waals surface area contributed by atoms with E-state index in [4.69, 9.17) is 4.74 Å². The van der Waals surface area contributed by atoms with Crippen molar-refractivity contribution in [2.24, 2.45) is 0 Å². The Morgan fingerprint density at radius 2 is 1.94 bits per heavy atom. The second-order valence-electron chi connectivity index (χ2n) is 3.39. The average Bonchev–Trinajstić information content (AvgIpc) is 2.20. The zero-order valence-electron chi connectivity index (χ0n) is 10.3. The standard InChI is InChI=1S/C10H12O6.2K/c1-5(9(12)13)16-8-4-6(10(14)15)2-3-7(8)11;;/h2,7-8,11H,1,3-4H2,(H,12,13)(H,14,15);;/q;2*+1/p-2/t7-,8-;;/m1../s1. The van der Waals surface area contributed by atoms with Crippen molar-refractivity contribution in [1.82, 2.24) is 0 Å². The van der Waals surface area contributed by atoms with Crippen LogP contribution in [0.1, 0.15) is 12.8 Å². The Bertz CT molecular complexity index is 365. The van der Waals surface area contributed by atoms with Gasteiger partial charge in [-0.1, -0.05) is 12.7 Å². The van der Waals surface area contributed by atoms with Crippen LogP contribution in [-0.2, 0) is 14.3 Å². The van der Waals surface area contributed by atoms with Gasteiger partial charge in [0.1, 0.15) is 17.8 Å². The van der Waals surface area contributed by atoms with Crippen molar-refractivity contribution in [3.8, 4) is 0 Å². The molecule has 0 saturated carbocycles. The summed E-state index contributed by atoms with van der Waals surface area (Å²) in [5, 5.41) is 30.4. The van der Waals surface area contributed by atoms with Gasteiger partial charge in [-0.15, -0.1) is 0 Å². The molecule has 1 aliphatic rings. The maximum absolute atomic E-state index is 10.6. The molecule has 0 aromatic heterocycles. The first-order valence-electron chi connectivity index (χ1n) is 4.57. The van der Waals surface area contributed by atoms with Gasteiger partial charge in [-0.05, 0) is 12.0 Å². The topological polar surface area (TPSA) is 110 Å². The molecule has 6 nitrogen and oxygen atoms in total. The van der Waals surface area contributed by atoms with E-state index in [-0.39, 0.29) is 121 Å². The molecule has 0 saturated heterocycles. The molecule has 2 atom stereocenters. The maximum Gasteiger partial charge on any atom is 1.00 e. The van der Waals surface area contributed by atoms with E-state index in [1.165, 1.54) is 6.08 Å². The number of carboxylic acid groups (broad SMARTS) is 2. The Kier molecular flexibility index (Phi) is 12.3. The molecule has 0 fully saturated rings. The minimum atomic E-state index is -1.60. The number of hydrogen-bond acceptors (Lipinski definition) is 6. The third kappa shape index (κ3) is 6.75. The summed E-state index contributed by atoms with van der Waals surface area (Å²) in [5.74, 6) is -3.60. The van der Waals surface area contributed by atoms with Crippen LogP contribution >= 0.6 is 0 Å². The van der Waals surface area contributed by atoms with Crippen LogP contribution in [0, 0.1) is 0 Å². The Hall–Kier alpha value is 1.45. The van der Waals surface area contributed by atoms with E-state index in [0.717, 1.165) is 0 Å². The van der Waals surface area contributed by atoms with Crippen molar-refractivity contribution >= 4 is 11.9 Å². The van der Waals surface area contributed by atoms with Crippen molar-refractivity contribution in [3.05, 3.63) is 24.0 Å². The molecule has 1 aliphatic carbocycles. The molecule has 0 bridgehead atoms.